The van der Waals surface area contributed by atoms with Gasteiger partial charge in [0.05, 0.1) is 0 Å². The van der Waals surface area contributed by atoms with Crippen molar-refractivity contribution in [2.45, 2.75) is 25.9 Å². The van der Waals surface area contributed by atoms with Crippen LogP contribution in [0.3, 0.4) is 0 Å². The molecule has 2 fully saturated rings. The van der Waals surface area contributed by atoms with Gasteiger partial charge in [0.1, 0.15) is 12.3 Å². The monoisotopic (exact) mass is 588 g/mol. The van der Waals surface area contributed by atoms with E-state index < -0.39 is 0 Å². The number of carbonyl (C=O) groups excluding carboxylic acids is 2. The largest absolute Gasteiger partial charge is 0.375 e. The second kappa shape index (κ2) is 13.8. The molecule has 0 spiro atoms. The van der Waals surface area contributed by atoms with Gasteiger partial charge in [-0.2, -0.15) is 4.98 Å². The van der Waals surface area contributed by atoms with E-state index in [1.165, 1.54) is 13.2 Å². The molecular formula is C31H40N8O4. The van der Waals surface area contributed by atoms with Gasteiger partial charge in [-0.05, 0) is 42.8 Å². The van der Waals surface area contributed by atoms with Gasteiger partial charge in [-0.25, -0.2) is 4.98 Å². The molecule has 4 heterocycles. The number of pyridine rings is 1. The van der Waals surface area contributed by atoms with Crippen LogP contribution in [0.4, 0.5) is 17.3 Å². The average Bonchev–Trinajstić information content (AvgIpc) is 3.04. The lowest BCUT2D eigenvalue weighted by Gasteiger charge is -2.41. The van der Waals surface area contributed by atoms with Crippen molar-refractivity contribution < 1.29 is 14.3 Å². The van der Waals surface area contributed by atoms with Crippen molar-refractivity contribution in [1.29, 1.82) is 0 Å². The summed E-state index contributed by atoms with van der Waals surface area (Å²) >= 11 is 0. The van der Waals surface area contributed by atoms with Crippen molar-refractivity contribution >= 4 is 40.2 Å². The van der Waals surface area contributed by atoms with E-state index in [1.54, 1.807) is 22.9 Å². The van der Waals surface area contributed by atoms with Crippen LogP contribution in [0.25, 0.3) is 11.0 Å². The molecule has 12 heteroatoms. The maximum Gasteiger partial charge on any atom is 0.252 e. The fourth-order valence-electron chi connectivity index (χ4n) is 5.79. The van der Waals surface area contributed by atoms with Crippen molar-refractivity contribution in [3.05, 3.63) is 65.6 Å². The molecule has 43 heavy (non-hydrogen) atoms. The zero-order valence-electron chi connectivity index (χ0n) is 24.9. The number of anilines is 3. The highest BCUT2D eigenvalue weighted by Gasteiger charge is 2.27. The summed E-state index contributed by atoms with van der Waals surface area (Å²) in [6, 6.07) is 11.6. The van der Waals surface area contributed by atoms with Crippen molar-refractivity contribution in [3.63, 3.8) is 0 Å². The summed E-state index contributed by atoms with van der Waals surface area (Å²) in [7, 11) is 1.54. The topological polar surface area (TPSA) is 116 Å². The van der Waals surface area contributed by atoms with E-state index in [1.807, 2.05) is 34.1 Å². The number of carbonyl (C=O) groups is 2. The molecule has 3 aromatic rings. The van der Waals surface area contributed by atoms with Crippen LogP contribution in [0.2, 0.25) is 0 Å². The Hall–Kier alpha value is -4.29. The first kappa shape index (κ1) is 30.2. The minimum absolute atomic E-state index is 0.0208. The Morgan fingerprint density at radius 2 is 1.77 bits per heavy atom. The molecule has 1 atom stereocenters. The highest BCUT2D eigenvalue weighted by atomic mass is 16.5. The van der Waals surface area contributed by atoms with Crippen LogP contribution >= 0.6 is 0 Å². The van der Waals surface area contributed by atoms with Gasteiger partial charge in [0.15, 0.2) is 0 Å². The summed E-state index contributed by atoms with van der Waals surface area (Å²) in [5.41, 5.74) is 2.38. The van der Waals surface area contributed by atoms with Crippen molar-refractivity contribution in [3.8, 4) is 0 Å². The number of hydrogen-bond donors (Lipinski definition) is 1. The molecule has 0 radical (unpaired) electrons. The van der Waals surface area contributed by atoms with Gasteiger partial charge in [-0.3, -0.25) is 23.9 Å². The Morgan fingerprint density at radius 1 is 1.02 bits per heavy atom. The zero-order valence-corrected chi connectivity index (χ0v) is 24.9. The lowest BCUT2D eigenvalue weighted by molar-refractivity contribution is -0.135. The van der Waals surface area contributed by atoms with Crippen LogP contribution in [0, 0.1) is 0 Å². The predicted octanol–water partition coefficient (Wildman–Crippen LogP) is 1.94. The quantitative estimate of drug-likeness (QED) is 0.355. The van der Waals surface area contributed by atoms with E-state index >= 15 is 0 Å². The van der Waals surface area contributed by atoms with Gasteiger partial charge < -0.3 is 24.8 Å². The van der Waals surface area contributed by atoms with E-state index in [0.29, 0.717) is 50.9 Å². The van der Waals surface area contributed by atoms with Crippen molar-refractivity contribution in [1.82, 2.24) is 29.2 Å². The molecular weight excluding hydrogens is 548 g/mol. The molecule has 5 rings (SSSR count). The third-order valence-electron chi connectivity index (χ3n) is 8.28. The number of aromatic nitrogens is 3. The summed E-state index contributed by atoms with van der Waals surface area (Å²) in [5, 5.41) is 4.06. The normalized spacial score (nSPS) is 17.7. The Morgan fingerprint density at radius 3 is 2.47 bits per heavy atom. The minimum Gasteiger partial charge on any atom is -0.375 e. The molecule has 2 aliphatic rings. The summed E-state index contributed by atoms with van der Waals surface area (Å²) in [6.07, 6.45) is 4.01. The number of hydrogen-bond acceptors (Lipinski definition) is 9. The number of fused-ring (bicyclic) bond motifs is 1. The number of benzene rings is 1. The first-order chi connectivity index (χ1) is 20.9. The van der Waals surface area contributed by atoms with Gasteiger partial charge in [0.2, 0.25) is 17.8 Å². The molecule has 0 unspecified atom stereocenters. The van der Waals surface area contributed by atoms with E-state index in [9.17, 15) is 14.4 Å². The highest BCUT2D eigenvalue weighted by Crippen LogP contribution is 2.22. The van der Waals surface area contributed by atoms with E-state index in [-0.39, 0.29) is 30.0 Å². The number of nitrogens with zero attached hydrogens (tertiary/aromatic N) is 7. The van der Waals surface area contributed by atoms with Gasteiger partial charge in [0.25, 0.3) is 5.56 Å². The summed E-state index contributed by atoms with van der Waals surface area (Å²) in [4.78, 5) is 54.6. The Balaban J connectivity index is 1.24. The highest BCUT2D eigenvalue weighted by molar-refractivity contribution is 5.87. The summed E-state index contributed by atoms with van der Waals surface area (Å²) in [5.74, 6) is 0.393. The molecule has 0 bridgehead atoms. The third-order valence-corrected chi connectivity index (χ3v) is 8.28. The molecule has 12 nitrogen and oxygen atoms in total. The van der Waals surface area contributed by atoms with Crippen LogP contribution in [0.1, 0.15) is 13.3 Å². The average molecular weight is 589 g/mol. The number of amides is 2. The smallest absolute Gasteiger partial charge is 0.252 e. The number of rotatable bonds is 10. The predicted molar refractivity (Wildman–Crippen MR) is 167 cm³/mol. The van der Waals surface area contributed by atoms with Crippen LogP contribution in [0.15, 0.2) is 60.0 Å². The van der Waals surface area contributed by atoms with Gasteiger partial charge in [-0.1, -0.05) is 13.5 Å². The standard InChI is InChI=1S/C31H40N8O4/c1-4-25-21-38(27(40)5-2)17-14-35(25)18-19-39-28(41)11-6-23-20-32-31(34-30(23)39)33-24-7-9-26(10-8-24)36-12-15-37(16-13-36)29(42)22-43-3/h5-11,20,25H,2,4,12-19,21-22H2,1,3H3,(H,32,33,34)/t25-/m0/s1. The summed E-state index contributed by atoms with van der Waals surface area (Å²) in [6.45, 7) is 11.9. The fraction of sp³-hybridized carbons (Fsp3) is 0.452. The lowest BCUT2D eigenvalue weighted by atomic mass is 10.1. The van der Waals surface area contributed by atoms with Gasteiger partial charge in [0, 0.05) is 101 Å². The van der Waals surface area contributed by atoms with Crippen molar-refractivity contribution in [2.75, 3.05) is 76.3 Å². The number of ether oxygens (including phenoxy) is 1. The maximum atomic E-state index is 13.0. The molecule has 0 saturated carbocycles. The first-order valence-electron chi connectivity index (χ1n) is 14.8. The molecule has 1 N–H and O–H groups in total. The first-order valence-corrected chi connectivity index (χ1v) is 14.8. The van der Waals surface area contributed by atoms with E-state index in [4.69, 9.17) is 9.72 Å². The van der Waals surface area contributed by atoms with Crippen LogP contribution in [-0.2, 0) is 20.9 Å². The molecule has 2 saturated heterocycles. The van der Waals surface area contributed by atoms with E-state index in [0.717, 1.165) is 42.8 Å². The van der Waals surface area contributed by atoms with Crippen LogP contribution < -0.4 is 15.8 Å². The molecule has 2 aromatic heterocycles. The SMILES string of the molecule is C=CC(=O)N1CCN(CCn2c(=O)ccc3cnc(Nc4ccc(N5CCN(C(=O)COC)CC5)cc4)nc32)[C@@H](CC)C1. The maximum absolute atomic E-state index is 13.0. The second-order valence-corrected chi connectivity index (χ2v) is 10.9. The van der Waals surface area contributed by atoms with Crippen LogP contribution in [0.5, 0.6) is 0 Å². The number of piperazine rings is 2. The molecule has 2 amide bonds. The van der Waals surface area contributed by atoms with Crippen molar-refractivity contribution in [2.24, 2.45) is 0 Å². The second-order valence-electron chi connectivity index (χ2n) is 10.9. The van der Waals surface area contributed by atoms with Gasteiger partial charge in [-0.15, -0.1) is 0 Å². The van der Waals surface area contributed by atoms with Crippen LogP contribution in [-0.4, -0.2) is 113 Å². The number of nitrogens with one attached hydrogen (secondary N) is 1. The third kappa shape index (κ3) is 7.03. The fourth-order valence-corrected chi connectivity index (χ4v) is 5.79. The molecule has 228 valence electrons. The Labute approximate surface area is 251 Å². The minimum atomic E-state index is -0.112. The Bertz CT molecular complexity index is 1500. The summed E-state index contributed by atoms with van der Waals surface area (Å²) < 4.78 is 6.68. The number of methoxy groups -OCH3 is 1. The zero-order chi connectivity index (χ0) is 30.3. The molecule has 1 aromatic carbocycles. The van der Waals surface area contributed by atoms with E-state index in [2.05, 4.69) is 33.6 Å². The lowest BCUT2D eigenvalue weighted by Crippen LogP contribution is -2.55. The molecule has 0 aliphatic carbocycles. The Kier molecular flexibility index (Phi) is 9.68. The molecule has 2 aliphatic heterocycles. The van der Waals surface area contributed by atoms with Gasteiger partial charge >= 0.3 is 0 Å².